The summed E-state index contributed by atoms with van der Waals surface area (Å²) in [7, 11) is 0. The zero-order valence-electron chi connectivity index (χ0n) is 7.41. The van der Waals surface area contributed by atoms with Crippen molar-refractivity contribution in [1.82, 2.24) is 9.55 Å². The van der Waals surface area contributed by atoms with E-state index in [1.54, 1.807) is 0 Å². The Kier molecular flexibility index (Phi) is 1.61. The predicted molar refractivity (Wildman–Crippen MR) is 50.1 cm³/mol. The molecule has 2 nitrogen and oxygen atoms in total. The number of nitrogens with zero attached hydrogens (tertiary/aromatic N) is 2. The maximum atomic E-state index is 4.34. The van der Waals surface area contributed by atoms with Gasteiger partial charge in [-0.2, -0.15) is 0 Å². The zero-order chi connectivity index (χ0) is 8.55. The lowest BCUT2D eigenvalue weighted by atomic mass is 10.2. The minimum atomic E-state index is 0.986. The topological polar surface area (TPSA) is 17.8 Å². The second-order valence-corrected chi connectivity index (χ2v) is 2.97. The highest BCUT2D eigenvalue weighted by Crippen LogP contribution is 2.16. The van der Waals surface area contributed by atoms with Gasteiger partial charge in [0.25, 0.3) is 0 Å². The van der Waals surface area contributed by atoms with E-state index in [0.717, 1.165) is 12.2 Å². The Bertz CT molecular complexity index is 401. The summed E-state index contributed by atoms with van der Waals surface area (Å²) >= 11 is 0. The standard InChI is InChI=1S/C10H12N2/c1-3-12-7-5-9-8(2)4-6-11-10(9)12/h4-7H,3H2,1-2H3. The Morgan fingerprint density at radius 1 is 1.42 bits per heavy atom. The molecule has 0 saturated carbocycles. The van der Waals surface area contributed by atoms with Crippen LogP contribution in [0.15, 0.2) is 24.5 Å². The van der Waals surface area contributed by atoms with Gasteiger partial charge < -0.3 is 4.57 Å². The molecule has 0 amide bonds. The molecule has 12 heavy (non-hydrogen) atoms. The van der Waals surface area contributed by atoms with Crippen molar-refractivity contribution in [2.75, 3.05) is 0 Å². The van der Waals surface area contributed by atoms with Gasteiger partial charge in [0.15, 0.2) is 0 Å². The van der Waals surface area contributed by atoms with Crippen molar-refractivity contribution in [1.29, 1.82) is 0 Å². The first kappa shape index (κ1) is 7.35. The molecule has 0 saturated heterocycles. The van der Waals surface area contributed by atoms with E-state index in [0.29, 0.717) is 0 Å². The van der Waals surface area contributed by atoms with E-state index in [9.17, 15) is 0 Å². The summed E-state index contributed by atoms with van der Waals surface area (Å²) in [6, 6.07) is 4.17. The van der Waals surface area contributed by atoms with E-state index in [4.69, 9.17) is 0 Å². The van der Waals surface area contributed by atoms with Gasteiger partial charge in [0.05, 0.1) is 0 Å². The third kappa shape index (κ3) is 0.916. The van der Waals surface area contributed by atoms with E-state index in [1.807, 2.05) is 12.3 Å². The van der Waals surface area contributed by atoms with Gasteiger partial charge in [-0.25, -0.2) is 4.98 Å². The van der Waals surface area contributed by atoms with Gasteiger partial charge >= 0.3 is 0 Å². The highest BCUT2D eigenvalue weighted by Gasteiger charge is 2.01. The highest BCUT2D eigenvalue weighted by molar-refractivity contribution is 5.79. The summed E-state index contributed by atoms with van der Waals surface area (Å²) in [5, 5.41) is 1.26. The van der Waals surface area contributed by atoms with Crippen LogP contribution in [0.4, 0.5) is 0 Å². The summed E-state index contributed by atoms with van der Waals surface area (Å²) in [5.41, 5.74) is 2.39. The van der Waals surface area contributed by atoms with E-state index >= 15 is 0 Å². The Labute approximate surface area is 71.8 Å². The van der Waals surface area contributed by atoms with Crippen molar-refractivity contribution in [3.8, 4) is 0 Å². The quantitative estimate of drug-likeness (QED) is 0.626. The van der Waals surface area contributed by atoms with Gasteiger partial charge in [0, 0.05) is 24.3 Å². The fourth-order valence-electron chi connectivity index (χ4n) is 1.48. The summed E-state index contributed by atoms with van der Waals surface area (Å²) < 4.78 is 2.16. The molecule has 0 N–H and O–H groups in total. The van der Waals surface area contributed by atoms with Gasteiger partial charge in [-0.3, -0.25) is 0 Å². The fourth-order valence-corrected chi connectivity index (χ4v) is 1.48. The SMILES string of the molecule is CCn1ccc2c(C)ccnc21. The molecule has 0 spiro atoms. The first-order valence-corrected chi connectivity index (χ1v) is 4.23. The fraction of sp³-hybridized carbons (Fsp3) is 0.300. The van der Waals surface area contributed by atoms with E-state index in [-0.39, 0.29) is 0 Å². The molecule has 0 fully saturated rings. The molecule has 2 aromatic rings. The van der Waals surface area contributed by atoms with Gasteiger partial charge in [-0.1, -0.05) is 0 Å². The summed E-state index contributed by atoms with van der Waals surface area (Å²) in [5.74, 6) is 0. The summed E-state index contributed by atoms with van der Waals surface area (Å²) in [4.78, 5) is 4.34. The molecule has 0 bridgehead atoms. The molecule has 2 heterocycles. The van der Waals surface area contributed by atoms with Crippen LogP contribution in [-0.4, -0.2) is 9.55 Å². The molecule has 0 radical (unpaired) electrons. The van der Waals surface area contributed by atoms with Crippen LogP contribution >= 0.6 is 0 Å². The Morgan fingerprint density at radius 2 is 2.25 bits per heavy atom. The molecule has 0 aliphatic heterocycles. The second kappa shape index (κ2) is 2.63. The first-order chi connectivity index (χ1) is 5.83. The maximum Gasteiger partial charge on any atom is 0.140 e. The summed E-state index contributed by atoms with van der Waals surface area (Å²) in [6.45, 7) is 5.23. The highest BCUT2D eigenvalue weighted by atomic mass is 15.0. The lowest BCUT2D eigenvalue weighted by Crippen LogP contribution is -1.92. The van der Waals surface area contributed by atoms with Gasteiger partial charge in [0.1, 0.15) is 5.65 Å². The van der Waals surface area contributed by atoms with Gasteiger partial charge in [-0.15, -0.1) is 0 Å². The molecule has 2 heteroatoms. The van der Waals surface area contributed by atoms with Crippen molar-refractivity contribution in [3.05, 3.63) is 30.1 Å². The molecular weight excluding hydrogens is 148 g/mol. The van der Waals surface area contributed by atoms with Crippen LogP contribution in [0, 0.1) is 6.92 Å². The number of hydrogen-bond donors (Lipinski definition) is 0. The van der Waals surface area contributed by atoms with Crippen molar-refractivity contribution >= 4 is 11.0 Å². The molecule has 0 aliphatic rings. The largest absolute Gasteiger partial charge is 0.333 e. The van der Waals surface area contributed by atoms with Crippen LogP contribution in [-0.2, 0) is 6.54 Å². The average molecular weight is 160 g/mol. The molecular formula is C10H12N2. The maximum absolute atomic E-state index is 4.34. The molecule has 62 valence electrons. The number of aromatic nitrogens is 2. The van der Waals surface area contributed by atoms with Crippen LogP contribution < -0.4 is 0 Å². The van der Waals surface area contributed by atoms with Crippen LogP contribution in [0.1, 0.15) is 12.5 Å². The van der Waals surface area contributed by atoms with Crippen LogP contribution in [0.3, 0.4) is 0 Å². The van der Waals surface area contributed by atoms with E-state index in [2.05, 4.69) is 35.7 Å². The van der Waals surface area contributed by atoms with Crippen LogP contribution in [0.5, 0.6) is 0 Å². The van der Waals surface area contributed by atoms with Gasteiger partial charge in [-0.05, 0) is 31.5 Å². The van der Waals surface area contributed by atoms with Crippen LogP contribution in [0.2, 0.25) is 0 Å². The smallest absolute Gasteiger partial charge is 0.140 e. The lowest BCUT2D eigenvalue weighted by Gasteiger charge is -1.99. The Morgan fingerprint density at radius 3 is 3.00 bits per heavy atom. The number of pyridine rings is 1. The zero-order valence-corrected chi connectivity index (χ0v) is 7.41. The normalized spacial score (nSPS) is 10.8. The molecule has 2 aromatic heterocycles. The van der Waals surface area contributed by atoms with E-state index in [1.165, 1.54) is 10.9 Å². The molecule has 0 aliphatic carbocycles. The second-order valence-electron chi connectivity index (χ2n) is 2.97. The van der Waals surface area contributed by atoms with Gasteiger partial charge in [0.2, 0.25) is 0 Å². The molecule has 0 unspecified atom stereocenters. The average Bonchev–Trinajstić information content (AvgIpc) is 2.49. The molecule has 0 aromatic carbocycles. The lowest BCUT2D eigenvalue weighted by molar-refractivity contribution is 0.787. The minimum absolute atomic E-state index is 0.986. The van der Waals surface area contributed by atoms with Crippen molar-refractivity contribution in [2.24, 2.45) is 0 Å². The predicted octanol–water partition coefficient (Wildman–Crippen LogP) is 2.36. The number of rotatable bonds is 1. The Hall–Kier alpha value is -1.31. The number of aryl methyl sites for hydroxylation is 2. The third-order valence-corrected chi connectivity index (χ3v) is 2.22. The monoisotopic (exact) mass is 160 g/mol. The van der Waals surface area contributed by atoms with Crippen molar-refractivity contribution in [2.45, 2.75) is 20.4 Å². The number of hydrogen-bond acceptors (Lipinski definition) is 1. The summed E-state index contributed by atoms with van der Waals surface area (Å²) in [6.07, 6.45) is 3.95. The van der Waals surface area contributed by atoms with E-state index < -0.39 is 0 Å². The Balaban J connectivity index is 2.80. The number of fused-ring (bicyclic) bond motifs is 1. The molecule has 2 rings (SSSR count). The minimum Gasteiger partial charge on any atom is -0.333 e. The molecule has 0 atom stereocenters. The first-order valence-electron chi connectivity index (χ1n) is 4.23. The van der Waals surface area contributed by atoms with Crippen molar-refractivity contribution < 1.29 is 0 Å². The van der Waals surface area contributed by atoms with Crippen molar-refractivity contribution in [3.63, 3.8) is 0 Å². The van der Waals surface area contributed by atoms with Crippen LogP contribution in [0.25, 0.3) is 11.0 Å². The third-order valence-electron chi connectivity index (χ3n) is 2.22.